The molecular weight excluding hydrogens is 424 g/mol. The summed E-state index contributed by atoms with van der Waals surface area (Å²) in [4.78, 5) is 32.3. The van der Waals surface area contributed by atoms with Crippen molar-refractivity contribution < 1.29 is 4.79 Å². The largest absolute Gasteiger partial charge is 0.356 e. The lowest BCUT2D eigenvalue weighted by Gasteiger charge is -2.32. The van der Waals surface area contributed by atoms with E-state index in [9.17, 15) is 4.79 Å². The molecule has 4 heterocycles. The van der Waals surface area contributed by atoms with Crippen LogP contribution in [0.25, 0.3) is 17.1 Å². The van der Waals surface area contributed by atoms with Crippen LogP contribution in [0.2, 0.25) is 0 Å². The summed E-state index contributed by atoms with van der Waals surface area (Å²) < 4.78 is 1.59. The van der Waals surface area contributed by atoms with Crippen LogP contribution in [0.1, 0.15) is 17.8 Å². The number of rotatable bonds is 5. The molecule has 1 amide bonds. The second kappa shape index (κ2) is 8.83. The smallest absolute Gasteiger partial charge is 0.229 e. The zero-order valence-electron chi connectivity index (χ0n) is 17.5. The molecule has 162 valence electrons. The molecule has 9 nitrogen and oxygen atoms in total. The number of nitrogens with one attached hydrogen (secondary N) is 1. The van der Waals surface area contributed by atoms with Crippen LogP contribution >= 0.6 is 11.3 Å². The fourth-order valence-corrected chi connectivity index (χ4v) is 4.48. The third kappa shape index (κ3) is 4.35. The van der Waals surface area contributed by atoms with Gasteiger partial charge in [-0.2, -0.15) is 5.10 Å². The average molecular weight is 447 g/mol. The van der Waals surface area contributed by atoms with Gasteiger partial charge in [0.15, 0.2) is 5.82 Å². The molecule has 0 radical (unpaired) electrons. The maximum atomic E-state index is 13.0. The first-order chi connectivity index (χ1) is 15.7. The topological polar surface area (TPSA) is 102 Å². The van der Waals surface area contributed by atoms with Gasteiger partial charge in [-0.05, 0) is 31.9 Å². The number of thiazole rings is 1. The third-order valence-corrected chi connectivity index (χ3v) is 6.23. The molecule has 3 aromatic heterocycles. The fraction of sp³-hybridized carbons (Fsp3) is 0.273. The Morgan fingerprint density at radius 2 is 2.09 bits per heavy atom. The zero-order chi connectivity index (χ0) is 21.9. The molecule has 0 aliphatic carbocycles. The summed E-state index contributed by atoms with van der Waals surface area (Å²) in [6.07, 6.45) is 6.34. The molecule has 1 N–H and O–H groups in total. The number of benzene rings is 1. The van der Waals surface area contributed by atoms with E-state index in [1.165, 1.54) is 12.7 Å². The second-order valence-electron chi connectivity index (χ2n) is 7.68. The van der Waals surface area contributed by atoms with Crippen LogP contribution < -0.4 is 10.2 Å². The molecule has 1 saturated heterocycles. The van der Waals surface area contributed by atoms with Crippen LogP contribution in [0.15, 0.2) is 54.7 Å². The van der Waals surface area contributed by atoms with Gasteiger partial charge < -0.3 is 10.2 Å². The lowest BCUT2D eigenvalue weighted by molar-refractivity contribution is -0.120. The zero-order valence-corrected chi connectivity index (χ0v) is 18.4. The van der Waals surface area contributed by atoms with Crippen LogP contribution in [0.5, 0.6) is 0 Å². The monoisotopic (exact) mass is 446 g/mol. The highest BCUT2D eigenvalue weighted by molar-refractivity contribution is 7.09. The van der Waals surface area contributed by atoms with Gasteiger partial charge in [0.2, 0.25) is 5.91 Å². The highest BCUT2D eigenvalue weighted by Crippen LogP contribution is 2.26. The van der Waals surface area contributed by atoms with Gasteiger partial charge >= 0.3 is 0 Å². The normalized spacial score (nSPS) is 16.2. The van der Waals surface area contributed by atoms with Crippen molar-refractivity contribution in [1.82, 2.24) is 29.7 Å². The number of hydrogen-bond acceptors (Lipinski definition) is 8. The molecule has 1 unspecified atom stereocenters. The molecule has 32 heavy (non-hydrogen) atoms. The van der Waals surface area contributed by atoms with E-state index in [4.69, 9.17) is 0 Å². The molecule has 1 aliphatic heterocycles. The van der Waals surface area contributed by atoms with Gasteiger partial charge in [-0.15, -0.1) is 11.3 Å². The number of nitrogens with zero attached hydrogens (tertiary/aromatic N) is 7. The van der Waals surface area contributed by atoms with Crippen LogP contribution in [0.3, 0.4) is 0 Å². The van der Waals surface area contributed by atoms with E-state index in [1.54, 1.807) is 22.3 Å². The number of aromatic nitrogens is 6. The van der Waals surface area contributed by atoms with Crippen molar-refractivity contribution in [2.24, 2.45) is 5.92 Å². The third-order valence-electron chi connectivity index (χ3n) is 5.45. The molecular formula is C22H22N8OS. The minimum atomic E-state index is -0.126. The number of hydrogen-bond donors (Lipinski definition) is 1. The van der Waals surface area contributed by atoms with Gasteiger partial charge in [0, 0.05) is 35.8 Å². The van der Waals surface area contributed by atoms with Gasteiger partial charge in [0.05, 0.1) is 16.6 Å². The van der Waals surface area contributed by atoms with Crippen LogP contribution in [-0.4, -0.2) is 48.7 Å². The second-order valence-corrected chi connectivity index (χ2v) is 8.74. The van der Waals surface area contributed by atoms with Gasteiger partial charge in [0.25, 0.3) is 0 Å². The Kier molecular flexibility index (Phi) is 5.59. The SMILES string of the molecule is Cc1nc(-c2cccc(NC(=O)C3CCCN(c4cc(-n5cncn5)ncn4)C3)c2)cs1. The summed E-state index contributed by atoms with van der Waals surface area (Å²) in [5, 5.41) is 10.3. The predicted molar refractivity (Wildman–Crippen MR) is 123 cm³/mol. The van der Waals surface area contributed by atoms with E-state index in [-0.39, 0.29) is 11.8 Å². The van der Waals surface area contributed by atoms with Crippen molar-refractivity contribution in [2.75, 3.05) is 23.3 Å². The molecule has 4 aromatic rings. The minimum Gasteiger partial charge on any atom is -0.356 e. The molecule has 0 bridgehead atoms. The Morgan fingerprint density at radius 3 is 2.91 bits per heavy atom. The Bertz CT molecular complexity index is 1220. The lowest BCUT2D eigenvalue weighted by Crippen LogP contribution is -2.41. The number of aryl methyl sites for hydroxylation is 1. The van der Waals surface area contributed by atoms with E-state index in [2.05, 4.69) is 35.3 Å². The summed E-state index contributed by atoms with van der Waals surface area (Å²) in [7, 11) is 0. The Hall–Kier alpha value is -3.66. The van der Waals surface area contributed by atoms with Crippen molar-refractivity contribution in [2.45, 2.75) is 19.8 Å². The maximum Gasteiger partial charge on any atom is 0.229 e. The van der Waals surface area contributed by atoms with E-state index in [1.807, 2.05) is 42.6 Å². The number of anilines is 2. The van der Waals surface area contributed by atoms with Crippen molar-refractivity contribution in [3.63, 3.8) is 0 Å². The van der Waals surface area contributed by atoms with Crippen molar-refractivity contribution in [3.05, 3.63) is 59.7 Å². The van der Waals surface area contributed by atoms with Crippen molar-refractivity contribution >= 4 is 28.7 Å². The molecule has 1 aromatic carbocycles. The van der Waals surface area contributed by atoms with Gasteiger partial charge in [-0.3, -0.25) is 4.79 Å². The quantitative estimate of drug-likeness (QED) is 0.502. The van der Waals surface area contributed by atoms with Crippen molar-refractivity contribution in [3.8, 4) is 17.1 Å². The van der Waals surface area contributed by atoms with Crippen LogP contribution in [-0.2, 0) is 4.79 Å². The van der Waals surface area contributed by atoms with E-state index < -0.39 is 0 Å². The molecule has 1 atom stereocenters. The molecule has 1 aliphatic rings. The van der Waals surface area contributed by atoms with E-state index >= 15 is 0 Å². The van der Waals surface area contributed by atoms with Crippen molar-refractivity contribution in [1.29, 1.82) is 0 Å². The van der Waals surface area contributed by atoms with E-state index in [0.29, 0.717) is 12.4 Å². The average Bonchev–Trinajstić information content (AvgIpc) is 3.52. The summed E-state index contributed by atoms with van der Waals surface area (Å²) in [6, 6.07) is 9.71. The Balaban J connectivity index is 1.28. The first kappa shape index (κ1) is 20.3. The first-order valence-corrected chi connectivity index (χ1v) is 11.3. The maximum absolute atomic E-state index is 13.0. The van der Waals surface area contributed by atoms with Gasteiger partial charge in [0.1, 0.15) is 24.8 Å². The molecule has 1 fully saturated rings. The van der Waals surface area contributed by atoms with Gasteiger partial charge in [-0.1, -0.05) is 12.1 Å². The summed E-state index contributed by atoms with van der Waals surface area (Å²) in [5.41, 5.74) is 2.71. The number of amides is 1. The lowest BCUT2D eigenvalue weighted by atomic mass is 9.97. The summed E-state index contributed by atoms with van der Waals surface area (Å²) >= 11 is 1.62. The summed E-state index contributed by atoms with van der Waals surface area (Å²) in [5.74, 6) is 1.32. The number of piperidine rings is 1. The number of carbonyl (C=O) groups is 1. The van der Waals surface area contributed by atoms with Gasteiger partial charge in [-0.25, -0.2) is 24.6 Å². The highest BCUT2D eigenvalue weighted by atomic mass is 32.1. The Morgan fingerprint density at radius 1 is 1.19 bits per heavy atom. The molecule has 10 heteroatoms. The molecule has 0 spiro atoms. The standard InChI is InChI=1S/C22H22N8OS/c1-15-27-19(11-32-15)16-4-2-6-18(8-16)28-22(31)17-5-3-7-29(10-17)20-9-21(25-13-24-20)30-14-23-12-26-30/h2,4,6,8-9,11-14,17H,3,5,7,10H2,1H3,(H,28,31). The first-order valence-electron chi connectivity index (χ1n) is 10.4. The predicted octanol–water partition coefficient (Wildman–Crippen LogP) is 3.34. The van der Waals surface area contributed by atoms with Crippen LogP contribution in [0, 0.1) is 12.8 Å². The molecule has 5 rings (SSSR count). The fourth-order valence-electron chi connectivity index (χ4n) is 3.86. The highest BCUT2D eigenvalue weighted by Gasteiger charge is 2.27. The molecule has 0 saturated carbocycles. The van der Waals surface area contributed by atoms with Crippen LogP contribution in [0.4, 0.5) is 11.5 Å². The Labute approximate surface area is 189 Å². The minimum absolute atomic E-state index is 0.0202. The number of carbonyl (C=O) groups excluding carboxylic acids is 1. The van der Waals surface area contributed by atoms with E-state index in [0.717, 1.165) is 47.2 Å². The summed E-state index contributed by atoms with van der Waals surface area (Å²) in [6.45, 7) is 3.43.